The van der Waals surface area contributed by atoms with Crippen LogP contribution in [0.4, 0.5) is 0 Å². The lowest BCUT2D eigenvalue weighted by atomic mass is 10.1. The lowest BCUT2D eigenvalue weighted by Crippen LogP contribution is -2.08. The highest BCUT2D eigenvalue weighted by atomic mass is 35.5. The van der Waals surface area contributed by atoms with Crippen LogP contribution >= 0.6 is 23.2 Å². The molecule has 0 fully saturated rings. The van der Waals surface area contributed by atoms with E-state index in [1.165, 1.54) is 0 Å². The van der Waals surface area contributed by atoms with Gasteiger partial charge in [-0.15, -0.1) is 6.42 Å². The second-order valence-corrected chi connectivity index (χ2v) is 3.09. The van der Waals surface area contributed by atoms with Gasteiger partial charge in [0.05, 0.1) is 6.04 Å². The minimum atomic E-state index is -0.536. The molecule has 1 aromatic rings. The third kappa shape index (κ3) is 1.73. The molecule has 3 heteroatoms. The topological polar surface area (TPSA) is 26.0 Å². The Balaban J connectivity index is 3.23. The molecule has 0 aromatic heterocycles. The number of hydrogen-bond acceptors (Lipinski definition) is 1. The average Bonchev–Trinajstić information content (AvgIpc) is 2.03. The molecule has 0 heterocycles. The summed E-state index contributed by atoms with van der Waals surface area (Å²) >= 11 is 11.7. The minimum absolute atomic E-state index is 0.507. The van der Waals surface area contributed by atoms with E-state index in [0.717, 1.165) is 0 Å². The van der Waals surface area contributed by atoms with Crippen LogP contribution in [-0.4, -0.2) is 0 Å². The molecule has 62 valence electrons. The van der Waals surface area contributed by atoms with E-state index in [9.17, 15) is 0 Å². The molecular formula is C9H7Cl2N. The minimum Gasteiger partial charge on any atom is -0.314 e. The summed E-state index contributed by atoms with van der Waals surface area (Å²) in [6, 6.07) is 4.63. The zero-order valence-electron chi connectivity index (χ0n) is 6.22. The van der Waals surface area contributed by atoms with Crippen molar-refractivity contribution in [3.8, 4) is 12.3 Å². The van der Waals surface area contributed by atoms with Crippen molar-refractivity contribution >= 4 is 23.2 Å². The van der Waals surface area contributed by atoms with Crippen LogP contribution in [0.2, 0.25) is 10.0 Å². The van der Waals surface area contributed by atoms with Crippen LogP contribution in [0.25, 0.3) is 0 Å². The van der Waals surface area contributed by atoms with Crippen LogP contribution in [0.15, 0.2) is 18.2 Å². The number of rotatable bonds is 1. The van der Waals surface area contributed by atoms with Gasteiger partial charge in [0, 0.05) is 15.6 Å². The van der Waals surface area contributed by atoms with Crippen LogP contribution in [0.5, 0.6) is 0 Å². The molecule has 0 amide bonds. The second kappa shape index (κ2) is 3.82. The highest BCUT2D eigenvalue weighted by molar-refractivity contribution is 6.36. The Kier molecular flexibility index (Phi) is 2.99. The zero-order chi connectivity index (χ0) is 9.14. The molecule has 0 bridgehead atoms. The zero-order valence-corrected chi connectivity index (χ0v) is 7.73. The lowest BCUT2D eigenvalue weighted by molar-refractivity contribution is 0.947. The maximum absolute atomic E-state index is 5.84. The molecule has 1 atom stereocenters. The van der Waals surface area contributed by atoms with Crippen LogP contribution < -0.4 is 5.73 Å². The van der Waals surface area contributed by atoms with Crippen LogP contribution in [0, 0.1) is 12.3 Å². The maximum atomic E-state index is 5.84. The van der Waals surface area contributed by atoms with Crippen molar-refractivity contribution in [1.29, 1.82) is 0 Å². The molecule has 1 aromatic carbocycles. The van der Waals surface area contributed by atoms with Gasteiger partial charge in [-0.25, -0.2) is 0 Å². The molecule has 0 saturated heterocycles. The highest BCUT2D eigenvalue weighted by Crippen LogP contribution is 2.28. The largest absolute Gasteiger partial charge is 0.314 e. The lowest BCUT2D eigenvalue weighted by Gasteiger charge is -2.08. The molecule has 1 unspecified atom stereocenters. The molecule has 0 aliphatic heterocycles. The SMILES string of the molecule is C#CC(N)c1c(Cl)cccc1Cl. The molecular weight excluding hydrogens is 193 g/mol. The standard InChI is InChI=1S/C9H7Cl2N/c1-2-8(12)9-6(10)4-3-5-7(9)11/h1,3-5,8H,12H2. The molecule has 1 nitrogen and oxygen atoms in total. The first-order chi connectivity index (χ1) is 5.66. The van der Waals surface area contributed by atoms with Crippen molar-refractivity contribution in [2.45, 2.75) is 6.04 Å². The Bertz CT molecular complexity index is 308. The van der Waals surface area contributed by atoms with Gasteiger partial charge < -0.3 is 5.73 Å². The average molecular weight is 200 g/mol. The maximum Gasteiger partial charge on any atom is 0.0947 e. The van der Waals surface area contributed by atoms with Gasteiger partial charge in [0.2, 0.25) is 0 Å². The quantitative estimate of drug-likeness (QED) is 0.692. The van der Waals surface area contributed by atoms with E-state index in [1.54, 1.807) is 18.2 Å². The summed E-state index contributed by atoms with van der Waals surface area (Å²) in [5.41, 5.74) is 6.21. The van der Waals surface area contributed by atoms with Crippen molar-refractivity contribution in [2.24, 2.45) is 5.73 Å². The fourth-order valence-electron chi connectivity index (χ4n) is 0.891. The number of hydrogen-bond donors (Lipinski definition) is 1. The molecule has 1 rings (SSSR count). The van der Waals surface area contributed by atoms with Gasteiger partial charge in [0.15, 0.2) is 0 Å². The summed E-state index contributed by atoms with van der Waals surface area (Å²) in [5, 5.41) is 1.01. The fraction of sp³-hybridized carbons (Fsp3) is 0.111. The number of halogens is 2. The van der Waals surface area contributed by atoms with Crippen LogP contribution in [0.1, 0.15) is 11.6 Å². The Labute approximate surface area is 81.5 Å². The summed E-state index contributed by atoms with van der Waals surface area (Å²) in [6.45, 7) is 0. The summed E-state index contributed by atoms with van der Waals surface area (Å²) in [5.74, 6) is 2.37. The van der Waals surface area contributed by atoms with Gasteiger partial charge in [-0.05, 0) is 12.1 Å². The fourth-order valence-corrected chi connectivity index (χ4v) is 1.52. The van der Waals surface area contributed by atoms with E-state index < -0.39 is 6.04 Å². The molecule has 0 spiro atoms. The number of nitrogens with two attached hydrogens (primary N) is 1. The van der Waals surface area contributed by atoms with E-state index >= 15 is 0 Å². The van der Waals surface area contributed by atoms with Crippen molar-refractivity contribution in [2.75, 3.05) is 0 Å². The van der Waals surface area contributed by atoms with Crippen molar-refractivity contribution in [3.63, 3.8) is 0 Å². The second-order valence-electron chi connectivity index (χ2n) is 2.28. The smallest absolute Gasteiger partial charge is 0.0947 e. The van der Waals surface area contributed by atoms with Crippen molar-refractivity contribution < 1.29 is 0 Å². The van der Waals surface area contributed by atoms with Crippen LogP contribution in [0.3, 0.4) is 0 Å². The summed E-state index contributed by atoms with van der Waals surface area (Å²) in [4.78, 5) is 0. The molecule has 12 heavy (non-hydrogen) atoms. The van der Waals surface area contributed by atoms with Crippen LogP contribution in [-0.2, 0) is 0 Å². The Hall–Kier alpha value is -0.680. The van der Waals surface area contributed by atoms with Gasteiger partial charge in [-0.2, -0.15) is 0 Å². The van der Waals surface area contributed by atoms with E-state index in [0.29, 0.717) is 15.6 Å². The van der Waals surface area contributed by atoms with Gasteiger partial charge in [0.25, 0.3) is 0 Å². The molecule has 2 N–H and O–H groups in total. The van der Waals surface area contributed by atoms with Gasteiger partial charge in [0.1, 0.15) is 0 Å². The third-order valence-electron chi connectivity index (χ3n) is 1.49. The number of terminal acetylenes is 1. The molecule has 0 saturated carbocycles. The normalized spacial score (nSPS) is 12.2. The Morgan fingerprint density at radius 3 is 2.25 bits per heavy atom. The predicted octanol–water partition coefficient (Wildman–Crippen LogP) is 2.63. The monoisotopic (exact) mass is 199 g/mol. The van der Waals surface area contributed by atoms with E-state index in [-0.39, 0.29) is 0 Å². The van der Waals surface area contributed by atoms with Gasteiger partial charge >= 0.3 is 0 Å². The molecule has 0 radical (unpaired) electrons. The predicted molar refractivity (Wildman–Crippen MR) is 52.2 cm³/mol. The first-order valence-electron chi connectivity index (χ1n) is 3.32. The Morgan fingerprint density at radius 1 is 1.33 bits per heavy atom. The first kappa shape index (κ1) is 9.41. The van der Waals surface area contributed by atoms with E-state index in [2.05, 4.69) is 5.92 Å². The molecule has 0 aliphatic rings. The summed E-state index contributed by atoms with van der Waals surface area (Å²) in [7, 11) is 0. The van der Waals surface area contributed by atoms with Crippen molar-refractivity contribution in [3.05, 3.63) is 33.8 Å². The first-order valence-corrected chi connectivity index (χ1v) is 4.08. The van der Waals surface area contributed by atoms with Gasteiger partial charge in [-0.1, -0.05) is 35.2 Å². The Morgan fingerprint density at radius 2 is 1.83 bits per heavy atom. The number of benzene rings is 1. The van der Waals surface area contributed by atoms with E-state index in [1.807, 2.05) is 0 Å². The highest BCUT2D eigenvalue weighted by Gasteiger charge is 2.10. The van der Waals surface area contributed by atoms with Gasteiger partial charge in [-0.3, -0.25) is 0 Å². The summed E-state index contributed by atoms with van der Waals surface area (Å²) in [6.07, 6.45) is 5.15. The summed E-state index contributed by atoms with van der Waals surface area (Å²) < 4.78 is 0. The third-order valence-corrected chi connectivity index (χ3v) is 2.15. The van der Waals surface area contributed by atoms with E-state index in [4.69, 9.17) is 35.4 Å². The molecule has 0 aliphatic carbocycles. The van der Waals surface area contributed by atoms with Crippen molar-refractivity contribution in [1.82, 2.24) is 0 Å².